The largest absolute Gasteiger partial charge is 0.493 e. The Bertz CT molecular complexity index is 1220. The summed E-state index contributed by atoms with van der Waals surface area (Å²) in [7, 11) is 1.58. The lowest BCUT2D eigenvalue weighted by Crippen LogP contribution is -2.47. The van der Waals surface area contributed by atoms with Crippen LogP contribution in [0.4, 0.5) is 10.5 Å². The monoisotopic (exact) mass is 494 g/mol. The molecule has 0 aliphatic carbocycles. The van der Waals surface area contributed by atoms with Gasteiger partial charge >= 0.3 is 6.03 Å². The fourth-order valence-electron chi connectivity index (χ4n) is 4.44. The fourth-order valence-corrected chi connectivity index (χ4v) is 4.95. The number of fused-ring (bicyclic) bond motifs is 1. The van der Waals surface area contributed by atoms with Crippen LogP contribution in [0.3, 0.4) is 0 Å². The second-order valence-electron chi connectivity index (χ2n) is 9.35. The normalized spacial score (nSPS) is 15.2. The molecule has 9 nitrogen and oxygen atoms in total. The van der Waals surface area contributed by atoms with E-state index in [1.807, 2.05) is 41.2 Å². The van der Waals surface area contributed by atoms with Gasteiger partial charge in [0.2, 0.25) is 5.88 Å². The summed E-state index contributed by atoms with van der Waals surface area (Å²) in [5.41, 5.74) is 3.37. The van der Waals surface area contributed by atoms with Crippen molar-refractivity contribution in [2.45, 2.75) is 37.3 Å². The molecule has 0 saturated carbocycles. The number of carbonyl (C=O) groups is 1. The number of nitrogens with one attached hydrogen (secondary N) is 2. The number of ether oxygens (including phenoxy) is 2. The van der Waals surface area contributed by atoms with Crippen LogP contribution in [-0.2, 0) is 12.0 Å². The maximum Gasteiger partial charge on any atom is 0.329 e. The number of anilines is 1. The molecule has 2 N–H and O–H groups in total. The van der Waals surface area contributed by atoms with Crippen LogP contribution in [-0.4, -0.2) is 59.0 Å². The first-order valence-electron chi connectivity index (χ1n) is 11.7. The van der Waals surface area contributed by atoms with Gasteiger partial charge in [-0.3, -0.25) is 9.40 Å². The summed E-state index contributed by atoms with van der Waals surface area (Å²) >= 11 is 1.20. The van der Waals surface area contributed by atoms with Crippen LogP contribution in [0.5, 0.6) is 11.6 Å². The third kappa shape index (κ3) is 5.08. The molecule has 2 aliphatic heterocycles. The number of nitrogens with zero attached hydrogens (tertiary/aromatic N) is 4. The zero-order valence-corrected chi connectivity index (χ0v) is 21.0. The molecular formula is C25H30N6O3S. The molecule has 0 atom stereocenters. The highest BCUT2D eigenvalue weighted by molar-refractivity contribution is 7.97. The van der Waals surface area contributed by atoms with Crippen LogP contribution in [0.2, 0.25) is 0 Å². The Morgan fingerprint density at radius 1 is 1.26 bits per heavy atom. The molecule has 0 spiro atoms. The van der Waals surface area contributed by atoms with E-state index in [2.05, 4.69) is 38.9 Å². The summed E-state index contributed by atoms with van der Waals surface area (Å²) in [5.74, 6) is 1.30. The number of carbonyl (C=O) groups excluding carboxylic acids is 1. The Morgan fingerprint density at radius 2 is 2.11 bits per heavy atom. The average molecular weight is 495 g/mol. The molecule has 3 aromatic rings. The van der Waals surface area contributed by atoms with Crippen molar-refractivity contribution in [3.63, 3.8) is 0 Å². The van der Waals surface area contributed by atoms with Crippen LogP contribution >= 0.6 is 11.9 Å². The Kier molecular flexibility index (Phi) is 6.57. The second kappa shape index (κ2) is 9.79. The van der Waals surface area contributed by atoms with E-state index in [4.69, 9.17) is 9.47 Å². The van der Waals surface area contributed by atoms with Gasteiger partial charge in [-0.25, -0.2) is 9.78 Å². The van der Waals surface area contributed by atoms with Gasteiger partial charge in [-0.1, -0.05) is 0 Å². The van der Waals surface area contributed by atoms with E-state index in [1.54, 1.807) is 13.3 Å². The van der Waals surface area contributed by atoms with Gasteiger partial charge in [0.05, 0.1) is 24.9 Å². The summed E-state index contributed by atoms with van der Waals surface area (Å²) in [5, 5.41) is 8.46. The van der Waals surface area contributed by atoms with Gasteiger partial charge in [0.1, 0.15) is 10.8 Å². The van der Waals surface area contributed by atoms with Crippen LogP contribution in [0, 0.1) is 0 Å². The summed E-state index contributed by atoms with van der Waals surface area (Å²) in [6, 6.07) is 9.23. The molecule has 35 heavy (non-hydrogen) atoms. The van der Waals surface area contributed by atoms with Crippen molar-refractivity contribution in [2.24, 2.45) is 0 Å². The summed E-state index contributed by atoms with van der Waals surface area (Å²) in [6.45, 7) is 8.21. The van der Waals surface area contributed by atoms with E-state index in [9.17, 15) is 4.79 Å². The zero-order chi connectivity index (χ0) is 24.4. The molecule has 2 amide bonds. The lowest BCUT2D eigenvalue weighted by molar-refractivity contribution is 0.112. The van der Waals surface area contributed by atoms with E-state index >= 15 is 0 Å². The number of aromatic nitrogens is 3. The van der Waals surface area contributed by atoms with E-state index in [0.717, 1.165) is 59.2 Å². The maximum absolute atomic E-state index is 12.9. The van der Waals surface area contributed by atoms with E-state index in [-0.39, 0.29) is 11.6 Å². The highest BCUT2D eigenvalue weighted by Gasteiger charge is 2.27. The molecule has 2 aliphatic rings. The van der Waals surface area contributed by atoms with Crippen LogP contribution in [0.1, 0.15) is 25.8 Å². The van der Waals surface area contributed by atoms with E-state index in [0.29, 0.717) is 12.5 Å². The SMILES string of the molecule is COc1cc(-c2ccc3c(c2NC(=O)NSc2ccn(C(C)(C)CN4CCC4)n2)CCO3)ccn1. The molecule has 2 aromatic heterocycles. The van der Waals surface area contributed by atoms with Crippen LogP contribution in [0.15, 0.2) is 47.8 Å². The van der Waals surface area contributed by atoms with Gasteiger partial charge in [-0.15, -0.1) is 0 Å². The molecular weight excluding hydrogens is 464 g/mol. The van der Waals surface area contributed by atoms with E-state index in [1.165, 1.54) is 18.4 Å². The lowest BCUT2D eigenvalue weighted by atomic mass is 9.99. The number of rotatable bonds is 8. The van der Waals surface area contributed by atoms with Crippen LogP contribution < -0.4 is 19.5 Å². The standard InChI is InChI=1S/C25H30N6O3S/c1-25(2,16-30-11-4-12-30)31-13-8-22(28-31)35-29-24(32)27-23-18(5-6-20-19(23)9-14-34-20)17-7-10-26-21(15-17)33-3/h5-8,10,13,15H,4,9,11-12,14,16H2,1-3H3,(H2,27,29,32). The van der Waals surface area contributed by atoms with Gasteiger partial charge in [0.25, 0.3) is 0 Å². The van der Waals surface area contributed by atoms with E-state index < -0.39 is 0 Å². The number of likely N-dealkylation sites (tertiary alicyclic amines) is 1. The van der Waals surface area contributed by atoms with Crippen molar-refractivity contribution in [2.75, 3.05) is 38.7 Å². The predicted octanol–water partition coefficient (Wildman–Crippen LogP) is 4.16. The topological polar surface area (TPSA) is 93.5 Å². The molecule has 10 heteroatoms. The Morgan fingerprint density at radius 3 is 2.89 bits per heavy atom. The molecule has 1 saturated heterocycles. The third-order valence-electron chi connectivity index (χ3n) is 6.37. The van der Waals surface area contributed by atoms with Gasteiger partial charge in [-0.05, 0) is 63.2 Å². The highest BCUT2D eigenvalue weighted by atomic mass is 32.2. The number of urea groups is 1. The molecule has 4 heterocycles. The van der Waals surface area contributed by atoms with Crippen molar-refractivity contribution >= 4 is 23.7 Å². The van der Waals surface area contributed by atoms with Crippen molar-refractivity contribution in [1.82, 2.24) is 24.4 Å². The van der Waals surface area contributed by atoms with Crippen LogP contribution in [0.25, 0.3) is 11.1 Å². The Hall–Kier alpha value is -3.24. The van der Waals surface area contributed by atoms with Gasteiger partial charge < -0.3 is 19.7 Å². The Labute approximate surface area is 209 Å². The predicted molar refractivity (Wildman–Crippen MR) is 136 cm³/mol. The number of pyridine rings is 1. The van der Waals surface area contributed by atoms with Crippen molar-refractivity contribution in [3.8, 4) is 22.8 Å². The van der Waals surface area contributed by atoms with Crippen molar-refractivity contribution in [1.29, 1.82) is 0 Å². The molecule has 0 radical (unpaired) electrons. The molecule has 0 unspecified atom stereocenters. The lowest BCUT2D eigenvalue weighted by Gasteiger charge is -2.38. The molecule has 5 rings (SSSR count). The van der Waals surface area contributed by atoms with Crippen molar-refractivity contribution < 1.29 is 14.3 Å². The minimum atomic E-state index is -0.327. The minimum Gasteiger partial charge on any atom is -0.493 e. The fraction of sp³-hybridized carbons (Fsp3) is 0.400. The highest BCUT2D eigenvalue weighted by Crippen LogP contribution is 2.40. The van der Waals surface area contributed by atoms with Gasteiger partial charge in [0.15, 0.2) is 0 Å². The number of amides is 2. The number of methoxy groups -OCH3 is 1. The molecule has 1 fully saturated rings. The summed E-state index contributed by atoms with van der Waals surface area (Å²) < 4.78 is 15.9. The van der Waals surface area contributed by atoms with Gasteiger partial charge in [-0.2, -0.15) is 5.10 Å². The summed E-state index contributed by atoms with van der Waals surface area (Å²) in [6.07, 6.45) is 5.66. The van der Waals surface area contributed by atoms with Gasteiger partial charge in [0, 0.05) is 54.5 Å². The smallest absolute Gasteiger partial charge is 0.329 e. The maximum atomic E-state index is 12.9. The quantitative estimate of drug-likeness (QED) is 0.454. The Balaban J connectivity index is 1.29. The molecule has 1 aromatic carbocycles. The minimum absolute atomic E-state index is 0.118. The number of benzene rings is 1. The zero-order valence-electron chi connectivity index (χ0n) is 20.2. The molecule has 0 bridgehead atoms. The van der Waals surface area contributed by atoms with Crippen molar-refractivity contribution in [3.05, 3.63) is 48.3 Å². The number of hydrogen-bond acceptors (Lipinski definition) is 7. The first-order chi connectivity index (χ1) is 16.9. The first-order valence-corrected chi connectivity index (χ1v) is 12.6. The second-order valence-corrected chi connectivity index (χ2v) is 10.2. The summed E-state index contributed by atoms with van der Waals surface area (Å²) in [4.78, 5) is 19.5. The third-order valence-corrected chi connectivity index (χ3v) is 7.08. The first kappa shape index (κ1) is 23.5. The number of hydrogen-bond donors (Lipinski definition) is 2. The average Bonchev–Trinajstić information content (AvgIpc) is 3.51. The molecule has 184 valence electrons.